The molecule has 122 valence electrons. The Morgan fingerprint density at radius 2 is 0.792 bits per heavy atom. The van der Waals surface area contributed by atoms with Crippen LogP contribution in [-0.4, -0.2) is 0 Å². The predicted molar refractivity (Wildman–Crippen MR) is 106 cm³/mol. The second-order valence-corrected chi connectivity index (χ2v) is 6.62. The minimum Gasteiger partial charge on any atom is -0.351 e. The number of halogens is 4. The van der Waals surface area contributed by atoms with Crippen LogP contribution in [0.5, 0.6) is 0 Å². The second-order valence-electron chi connectivity index (χ2n) is 4.99. The van der Waals surface area contributed by atoms with Gasteiger partial charge in [-0.1, -0.05) is 70.7 Å². The molecule has 0 heterocycles. The van der Waals surface area contributed by atoms with Gasteiger partial charge in [0.05, 0.1) is 42.8 Å². The highest BCUT2D eigenvalue weighted by atomic mass is 35.5. The van der Waals surface area contributed by atoms with Gasteiger partial charge in [0.15, 0.2) is 0 Å². The Hall–Kier alpha value is -1.58. The van der Waals surface area contributed by atoms with Crippen molar-refractivity contribution in [1.29, 1.82) is 0 Å². The molecule has 0 aromatic heterocycles. The van der Waals surface area contributed by atoms with E-state index in [9.17, 15) is 0 Å². The maximum absolute atomic E-state index is 6.23. The van der Waals surface area contributed by atoms with Crippen LogP contribution in [0.4, 0.5) is 22.7 Å². The first kappa shape index (κ1) is 17.2. The number of benzene rings is 3. The fraction of sp³-hybridized carbons (Fsp3) is 0. The molecule has 0 atom stereocenters. The third-order valence-corrected chi connectivity index (χ3v) is 4.63. The first-order valence-electron chi connectivity index (χ1n) is 7.07. The fourth-order valence-corrected chi connectivity index (χ4v) is 3.19. The summed E-state index contributed by atoms with van der Waals surface area (Å²) in [6, 6.07) is 18.3. The van der Waals surface area contributed by atoms with E-state index >= 15 is 0 Å². The normalized spacial score (nSPS) is 10.5. The van der Waals surface area contributed by atoms with Crippen LogP contribution >= 0.6 is 46.4 Å². The number of rotatable bonds is 4. The van der Waals surface area contributed by atoms with Crippen molar-refractivity contribution in [2.24, 2.45) is 0 Å². The molecule has 0 radical (unpaired) electrons. The van der Waals surface area contributed by atoms with E-state index in [1.54, 1.807) is 36.4 Å². The van der Waals surface area contributed by atoms with E-state index < -0.39 is 0 Å². The molecule has 3 aromatic carbocycles. The highest BCUT2D eigenvalue weighted by Crippen LogP contribution is 2.38. The maximum Gasteiger partial charge on any atom is 0.0763 e. The molecule has 0 aliphatic carbocycles. The minimum absolute atomic E-state index is 0.535. The summed E-state index contributed by atoms with van der Waals surface area (Å²) in [6.07, 6.45) is 0. The molecule has 2 nitrogen and oxygen atoms in total. The van der Waals surface area contributed by atoms with Gasteiger partial charge in [0, 0.05) is 0 Å². The summed E-state index contributed by atoms with van der Waals surface area (Å²) in [6.45, 7) is 0. The molecular weight excluding hydrogens is 386 g/mol. The van der Waals surface area contributed by atoms with Crippen LogP contribution in [-0.2, 0) is 0 Å². The first-order valence-corrected chi connectivity index (χ1v) is 8.58. The third kappa shape index (κ3) is 3.73. The van der Waals surface area contributed by atoms with Gasteiger partial charge in [-0.25, -0.2) is 0 Å². The molecule has 0 aliphatic rings. The van der Waals surface area contributed by atoms with Gasteiger partial charge in [-0.15, -0.1) is 0 Å². The average molecular weight is 398 g/mol. The summed E-state index contributed by atoms with van der Waals surface area (Å²) in [5.74, 6) is 0. The van der Waals surface area contributed by atoms with Crippen LogP contribution in [0, 0.1) is 0 Å². The van der Waals surface area contributed by atoms with Crippen molar-refractivity contribution in [2.75, 3.05) is 10.6 Å². The smallest absolute Gasteiger partial charge is 0.0763 e. The van der Waals surface area contributed by atoms with Crippen LogP contribution in [0.25, 0.3) is 0 Å². The Morgan fingerprint density at radius 1 is 0.458 bits per heavy atom. The molecule has 6 heteroatoms. The van der Waals surface area contributed by atoms with Gasteiger partial charge in [-0.05, 0) is 36.4 Å². The summed E-state index contributed by atoms with van der Waals surface area (Å²) in [7, 11) is 0. The van der Waals surface area contributed by atoms with Crippen LogP contribution in [0.1, 0.15) is 0 Å². The fourth-order valence-electron chi connectivity index (χ4n) is 2.20. The summed E-state index contributed by atoms with van der Waals surface area (Å²) in [5, 5.41) is 8.65. The van der Waals surface area contributed by atoms with E-state index in [0.29, 0.717) is 31.5 Å². The number of para-hydroxylation sites is 4. The summed E-state index contributed by atoms with van der Waals surface area (Å²) >= 11 is 24.9. The van der Waals surface area contributed by atoms with Crippen molar-refractivity contribution in [3.05, 3.63) is 80.8 Å². The van der Waals surface area contributed by atoms with E-state index in [0.717, 1.165) is 11.4 Å². The maximum atomic E-state index is 6.23. The molecule has 3 aromatic rings. The standard InChI is InChI=1S/C18H12Cl4N2/c19-11-5-3-6-12(20)17(11)23-15-9-1-2-10-16(15)24-18-13(21)7-4-8-14(18)22/h1-10,23-24H. The molecule has 0 saturated heterocycles. The lowest BCUT2D eigenvalue weighted by Gasteiger charge is -2.17. The second kappa shape index (κ2) is 7.54. The highest BCUT2D eigenvalue weighted by molar-refractivity contribution is 6.40. The summed E-state index contributed by atoms with van der Waals surface area (Å²) in [4.78, 5) is 0. The highest BCUT2D eigenvalue weighted by Gasteiger charge is 2.11. The molecule has 0 aliphatic heterocycles. The third-order valence-electron chi connectivity index (χ3n) is 3.37. The van der Waals surface area contributed by atoms with Gasteiger partial charge in [0.1, 0.15) is 0 Å². The zero-order valence-electron chi connectivity index (χ0n) is 12.3. The van der Waals surface area contributed by atoms with E-state index in [1.807, 2.05) is 24.3 Å². The van der Waals surface area contributed by atoms with E-state index in [4.69, 9.17) is 46.4 Å². The van der Waals surface area contributed by atoms with Crippen molar-refractivity contribution in [1.82, 2.24) is 0 Å². The number of anilines is 4. The van der Waals surface area contributed by atoms with Gasteiger partial charge >= 0.3 is 0 Å². The summed E-state index contributed by atoms with van der Waals surface area (Å²) in [5.41, 5.74) is 2.87. The lowest BCUT2D eigenvalue weighted by atomic mass is 10.2. The molecule has 2 N–H and O–H groups in total. The molecule has 0 amide bonds. The molecule has 24 heavy (non-hydrogen) atoms. The Kier molecular flexibility index (Phi) is 5.42. The lowest BCUT2D eigenvalue weighted by molar-refractivity contribution is 1.50. The van der Waals surface area contributed by atoms with Crippen LogP contribution in [0.3, 0.4) is 0 Å². The molecule has 0 fully saturated rings. The predicted octanol–water partition coefficient (Wildman–Crippen LogP) is 7.79. The largest absolute Gasteiger partial charge is 0.351 e. The Balaban J connectivity index is 1.97. The molecule has 0 spiro atoms. The Labute approximate surface area is 160 Å². The molecule has 0 saturated carbocycles. The zero-order valence-corrected chi connectivity index (χ0v) is 15.3. The average Bonchev–Trinajstić information content (AvgIpc) is 2.56. The van der Waals surface area contributed by atoms with Crippen LogP contribution in [0.2, 0.25) is 20.1 Å². The van der Waals surface area contributed by atoms with Gasteiger partial charge in [-0.3, -0.25) is 0 Å². The monoisotopic (exact) mass is 396 g/mol. The number of nitrogens with one attached hydrogen (secondary N) is 2. The molecule has 3 rings (SSSR count). The SMILES string of the molecule is Clc1cccc(Cl)c1Nc1ccccc1Nc1c(Cl)cccc1Cl. The molecular formula is C18H12Cl4N2. The first-order chi connectivity index (χ1) is 11.6. The topological polar surface area (TPSA) is 24.1 Å². The summed E-state index contributed by atoms with van der Waals surface area (Å²) < 4.78 is 0. The van der Waals surface area contributed by atoms with Crippen molar-refractivity contribution in [3.8, 4) is 0 Å². The minimum atomic E-state index is 0.535. The molecule has 0 bridgehead atoms. The van der Waals surface area contributed by atoms with Gasteiger partial charge in [0.25, 0.3) is 0 Å². The van der Waals surface area contributed by atoms with E-state index in [-0.39, 0.29) is 0 Å². The lowest BCUT2D eigenvalue weighted by Crippen LogP contribution is -1.99. The van der Waals surface area contributed by atoms with Crippen LogP contribution in [0.15, 0.2) is 60.7 Å². The van der Waals surface area contributed by atoms with Gasteiger partial charge in [-0.2, -0.15) is 0 Å². The Morgan fingerprint density at radius 3 is 1.12 bits per heavy atom. The van der Waals surface area contributed by atoms with Crippen LogP contribution < -0.4 is 10.6 Å². The van der Waals surface area contributed by atoms with E-state index in [2.05, 4.69) is 10.6 Å². The van der Waals surface area contributed by atoms with E-state index in [1.165, 1.54) is 0 Å². The number of hydrogen-bond acceptors (Lipinski definition) is 2. The van der Waals surface area contributed by atoms with Crippen molar-refractivity contribution in [2.45, 2.75) is 0 Å². The van der Waals surface area contributed by atoms with Crippen molar-refractivity contribution >= 4 is 69.2 Å². The number of hydrogen-bond donors (Lipinski definition) is 2. The zero-order chi connectivity index (χ0) is 17.1. The van der Waals surface area contributed by atoms with Crippen molar-refractivity contribution < 1.29 is 0 Å². The van der Waals surface area contributed by atoms with Gasteiger partial charge < -0.3 is 10.6 Å². The Bertz CT molecular complexity index is 768. The van der Waals surface area contributed by atoms with Crippen molar-refractivity contribution in [3.63, 3.8) is 0 Å². The van der Waals surface area contributed by atoms with Gasteiger partial charge in [0.2, 0.25) is 0 Å². The molecule has 0 unspecified atom stereocenters. The quantitative estimate of drug-likeness (QED) is 0.469.